The van der Waals surface area contributed by atoms with E-state index in [0.717, 1.165) is 12.0 Å². The van der Waals surface area contributed by atoms with E-state index in [9.17, 15) is 0 Å². The predicted octanol–water partition coefficient (Wildman–Crippen LogP) is 3.30. The molecule has 1 saturated heterocycles. The molecule has 1 aliphatic heterocycles. The maximum absolute atomic E-state index is 6.21. The van der Waals surface area contributed by atoms with Crippen LogP contribution >= 0.6 is 0 Å². The number of hydrogen-bond donors (Lipinski definition) is 1. The fraction of sp³-hybridized carbons (Fsp3) is 1.00. The Bertz CT molecular complexity index is 265. The molecular weight excluding hydrogens is 220 g/mol. The van der Waals surface area contributed by atoms with Gasteiger partial charge in [0.05, 0.1) is 0 Å². The van der Waals surface area contributed by atoms with Gasteiger partial charge < -0.3 is 5.73 Å². The Morgan fingerprint density at radius 3 is 1.89 bits per heavy atom. The summed E-state index contributed by atoms with van der Waals surface area (Å²) in [5.41, 5.74) is 7.34. The molecule has 0 atom stereocenters. The number of nitrogens with zero attached hydrogens (tertiary/aromatic N) is 1. The van der Waals surface area contributed by atoms with Gasteiger partial charge in [0.2, 0.25) is 0 Å². The first-order valence-corrected chi connectivity index (χ1v) is 8.24. The van der Waals surface area contributed by atoms with Gasteiger partial charge in [-0.3, -0.25) is 4.90 Å². The molecule has 2 heteroatoms. The van der Waals surface area contributed by atoms with Gasteiger partial charge in [0.1, 0.15) is 0 Å². The second-order valence-electron chi connectivity index (χ2n) is 7.18. The van der Waals surface area contributed by atoms with E-state index in [1.165, 1.54) is 83.7 Å². The summed E-state index contributed by atoms with van der Waals surface area (Å²) in [5, 5.41) is 0. The summed E-state index contributed by atoms with van der Waals surface area (Å²) in [5.74, 6) is 0. The highest BCUT2D eigenvalue weighted by Crippen LogP contribution is 2.52. The highest BCUT2D eigenvalue weighted by atomic mass is 15.2. The molecule has 0 bridgehead atoms. The SMILES string of the molecule is NCC1(N2CCCCC2)CCC2(CCCC2)CC1. The van der Waals surface area contributed by atoms with Crippen molar-refractivity contribution in [2.75, 3.05) is 19.6 Å². The van der Waals surface area contributed by atoms with E-state index < -0.39 is 0 Å². The molecule has 1 spiro atoms. The molecule has 3 aliphatic rings. The molecule has 0 aromatic carbocycles. The number of hydrogen-bond acceptors (Lipinski definition) is 2. The average molecular weight is 250 g/mol. The van der Waals surface area contributed by atoms with Gasteiger partial charge in [-0.05, 0) is 69.9 Å². The largest absolute Gasteiger partial charge is 0.329 e. The molecule has 0 unspecified atom stereocenters. The summed E-state index contributed by atoms with van der Waals surface area (Å²) >= 11 is 0. The van der Waals surface area contributed by atoms with Crippen LogP contribution in [0.3, 0.4) is 0 Å². The number of piperidine rings is 1. The maximum Gasteiger partial charge on any atom is 0.0332 e. The molecule has 2 nitrogen and oxygen atoms in total. The third kappa shape index (κ3) is 2.22. The van der Waals surface area contributed by atoms with Crippen molar-refractivity contribution in [2.45, 2.75) is 76.2 Å². The summed E-state index contributed by atoms with van der Waals surface area (Å²) in [6.45, 7) is 3.51. The molecule has 3 rings (SSSR count). The summed E-state index contributed by atoms with van der Waals surface area (Å²) < 4.78 is 0. The first-order chi connectivity index (χ1) is 8.79. The van der Waals surface area contributed by atoms with E-state index in [1.54, 1.807) is 0 Å². The molecule has 2 N–H and O–H groups in total. The van der Waals surface area contributed by atoms with Gasteiger partial charge in [0, 0.05) is 12.1 Å². The van der Waals surface area contributed by atoms with Gasteiger partial charge in [0.25, 0.3) is 0 Å². The Balaban J connectivity index is 1.66. The van der Waals surface area contributed by atoms with Gasteiger partial charge in [-0.25, -0.2) is 0 Å². The van der Waals surface area contributed by atoms with Crippen molar-refractivity contribution in [3.63, 3.8) is 0 Å². The van der Waals surface area contributed by atoms with Crippen LogP contribution in [-0.4, -0.2) is 30.1 Å². The van der Waals surface area contributed by atoms with Crippen LogP contribution in [0.1, 0.15) is 70.6 Å². The molecule has 3 fully saturated rings. The van der Waals surface area contributed by atoms with Gasteiger partial charge in [-0.15, -0.1) is 0 Å². The van der Waals surface area contributed by atoms with E-state index in [2.05, 4.69) is 4.90 Å². The number of likely N-dealkylation sites (tertiary alicyclic amines) is 1. The van der Waals surface area contributed by atoms with Crippen molar-refractivity contribution in [1.29, 1.82) is 0 Å². The summed E-state index contributed by atoms with van der Waals surface area (Å²) in [6.07, 6.45) is 15.9. The molecule has 0 radical (unpaired) electrons. The smallest absolute Gasteiger partial charge is 0.0332 e. The Morgan fingerprint density at radius 2 is 1.33 bits per heavy atom. The monoisotopic (exact) mass is 250 g/mol. The minimum Gasteiger partial charge on any atom is -0.329 e. The molecule has 0 aromatic rings. The second kappa shape index (κ2) is 5.13. The summed E-state index contributed by atoms with van der Waals surface area (Å²) in [7, 11) is 0. The predicted molar refractivity (Wildman–Crippen MR) is 76.6 cm³/mol. The fourth-order valence-electron chi connectivity index (χ4n) is 4.89. The molecule has 18 heavy (non-hydrogen) atoms. The minimum atomic E-state index is 0.383. The standard InChI is InChI=1S/C16H30N2/c17-14-16(18-12-4-1-5-13-18)10-8-15(9-11-16)6-2-3-7-15/h1-14,17H2. The van der Waals surface area contributed by atoms with Crippen LogP contribution in [0.5, 0.6) is 0 Å². The van der Waals surface area contributed by atoms with Crippen LogP contribution < -0.4 is 5.73 Å². The lowest BCUT2D eigenvalue weighted by atomic mass is 9.65. The lowest BCUT2D eigenvalue weighted by Crippen LogP contribution is -2.58. The Morgan fingerprint density at radius 1 is 0.722 bits per heavy atom. The zero-order valence-corrected chi connectivity index (χ0v) is 11.9. The van der Waals surface area contributed by atoms with Crippen LogP contribution in [0, 0.1) is 5.41 Å². The molecule has 1 heterocycles. The van der Waals surface area contributed by atoms with Crippen molar-refractivity contribution in [3.05, 3.63) is 0 Å². The van der Waals surface area contributed by atoms with E-state index >= 15 is 0 Å². The van der Waals surface area contributed by atoms with Gasteiger partial charge in [0.15, 0.2) is 0 Å². The van der Waals surface area contributed by atoms with E-state index in [-0.39, 0.29) is 0 Å². The van der Waals surface area contributed by atoms with Crippen LogP contribution in [0.25, 0.3) is 0 Å². The molecule has 2 aliphatic carbocycles. The Labute approximate surface area is 112 Å². The first-order valence-electron chi connectivity index (χ1n) is 8.24. The second-order valence-corrected chi connectivity index (χ2v) is 7.18. The van der Waals surface area contributed by atoms with Crippen molar-refractivity contribution in [3.8, 4) is 0 Å². The average Bonchev–Trinajstić information content (AvgIpc) is 2.90. The van der Waals surface area contributed by atoms with Crippen LogP contribution in [0.15, 0.2) is 0 Å². The lowest BCUT2D eigenvalue weighted by Gasteiger charge is -2.51. The highest BCUT2D eigenvalue weighted by molar-refractivity contribution is 5.01. The molecule has 0 amide bonds. The Hall–Kier alpha value is -0.0800. The lowest BCUT2D eigenvalue weighted by molar-refractivity contribution is 0.00276. The number of nitrogens with two attached hydrogens (primary N) is 1. The van der Waals surface area contributed by atoms with Crippen molar-refractivity contribution in [2.24, 2.45) is 11.1 Å². The zero-order valence-electron chi connectivity index (χ0n) is 11.9. The minimum absolute atomic E-state index is 0.383. The third-order valence-corrected chi connectivity index (χ3v) is 6.31. The summed E-state index contributed by atoms with van der Waals surface area (Å²) in [6, 6.07) is 0. The van der Waals surface area contributed by atoms with Crippen LogP contribution in [0.2, 0.25) is 0 Å². The first kappa shape index (κ1) is 12.9. The quantitative estimate of drug-likeness (QED) is 0.815. The zero-order chi connectivity index (χ0) is 12.5. The van der Waals surface area contributed by atoms with Gasteiger partial charge in [-0.2, -0.15) is 0 Å². The maximum atomic E-state index is 6.21. The Kier molecular flexibility index (Phi) is 3.68. The summed E-state index contributed by atoms with van der Waals surface area (Å²) in [4.78, 5) is 2.76. The van der Waals surface area contributed by atoms with Crippen LogP contribution in [-0.2, 0) is 0 Å². The number of rotatable bonds is 2. The molecular formula is C16H30N2. The van der Waals surface area contributed by atoms with Crippen molar-refractivity contribution >= 4 is 0 Å². The van der Waals surface area contributed by atoms with Gasteiger partial charge in [-0.1, -0.05) is 19.3 Å². The van der Waals surface area contributed by atoms with Crippen LogP contribution in [0.4, 0.5) is 0 Å². The highest BCUT2D eigenvalue weighted by Gasteiger charge is 2.45. The van der Waals surface area contributed by atoms with Crippen molar-refractivity contribution in [1.82, 2.24) is 4.90 Å². The molecule has 104 valence electrons. The van der Waals surface area contributed by atoms with E-state index in [4.69, 9.17) is 5.73 Å². The fourth-order valence-corrected chi connectivity index (χ4v) is 4.89. The van der Waals surface area contributed by atoms with E-state index in [0.29, 0.717) is 5.54 Å². The molecule has 0 aromatic heterocycles. The van der Waals surface area contributed by atoms with Gasteiger partial charge >= 0.3 is 0 Å². The van der Waals surface area contributed by atoms with Crippen molar-refractivity contribution < 1.29 is 0 Å². The normalized spacial score (nSPS) is 31.8. The topological polar surface area (TPSA) is 29.3 Å². The molecule has 2 saturated carbocycles. The third-order valence-electron chi connectivity index (χ3n) is 6.31. The van der Waals surface area contributed by atoms with E-state index in [1.807, 2.05) is 0 Å².